The molecule has 1 N–H and O–H groups in total. The van der Waals surface area contributed by atoms with Crippen LogP contribution >= 0.6 is 11.8 Å². The van der Waals surface area contributed by atoms with Crippen LogP contribution in [-0.2, 0) is 11.2 Å². The second-order valence-corrected chi connectivity index (χ2v) is 11.0. The number of aromatic nitrogens is 6. The Morgan fingerprint density at radius 1 is 1.00 bits per heavy atom. The summed E-state index contributed by atoms with van der Waals surface area (Å²) in [5, 5.41) is 12.5. The van der Waals surface area contributed by atoms with Crippen molar-refractivity contribution < 1.29 is 9.59 Å². The minimum atomic E-state index is -0.234. The van der Waals surface area contributed by atoms with E-state index >= 15 is 0 Å². The summed E-state index contributed by atoms with van der Waals surface area (Å²) in [5.74, 6) is 1.01. The van der Waals surface area contributed by atoms with Gasteiger partial charge in [0.2, 0.25) is 11.9 Å². The zero-order valence-electron chi connectivity index (χ0n) is 21.5. The van der Waals surface area contributed by atoms with Crippen molar-refractivity contribution in [3.8, 4) is 11.4 Å². The topological polar surface area (TPSA) is 116 Å². The van der Waals surface area contributed by atoms with Crippen LogP contribution in [0.2, 0.25) is 0 Å². The molecule has 2 aliphatic carbocycles. The minimum absolute atomic E-state index is 0.0324. The first kappa shape index (κ1) is 25.4. The van der Waals surface area contributed by atoms with Gasteiger partial charge < -0.3 is 0 Å². The van der Waals surface area contributed by atoms with Crippen LogP contribution in [0, 0.1) is 0 Å². The molecule has 1 saturated carbocycles. The number of rotatable bonds is 7. The lowest BCUT2D eigenvalue weighted by molar-refractivity contribution is -0.113. The van der Waals surface area contributed by atoms with E-state index in [1.807, 2.05) is 42.5 Å². The standard InChI is InChI=1S/C29H29N7O2S/c37-25-15-21(19-8-3-1-4-9-19)14-24-23(25)17-31-28(32-24)33-26(38)18-39-29-35-34-27(20-10-7-13-30-16-20)36(29)22-11-5-2-6-12-22/h1,3-4,7-10,13,16-17,21-22H,2,5-6,11-12,14-15,18H2,(H,31,32,33,38). The van der Waals surface area contributed by atoms with Crippen LogP contribution in [0.3, 0.4) is 0 Å². The van der Waals surface area contributed by atoms with Crippen LogP contribution in [0.1, 0.15) is 72.1 Å². The summed E-state index contributed by atoms with van der Waals surface area (Å²) in [5.41, 5.74) is 3.25. The molecule has 4 aromatic rings. The van der Waals surface area contributed by atoms with E-state index < -0.39 is 0 Å². The maximum atomic E-state index is 12.9. The number of carbonyl (C=O) groups excluding carboxylic acids is 2. The van der Waals surface area contributed by atoms with E-state index in [9.17, 15) is 9.59 Å². The fraction of sp³-hybridized carbons (Fsp3) is 0.345. The second kappa shape index (κ2) is 11.4. The van der Waals surface area contributed by atoms with Gasteiger partial charge in [-0.25, -0.2) is 9.97 Å². The number of amides is 1. The first-order valence-corrected chi connectivity index (χ1v) is 14.4. The Kier molecular flexibility index (Phi) is 7.44. The Labute approximate surface area is 230 Å². The molecule has 3 heterocycles. The molecule has 9 nitrogen and oxygen atoms in total. The fourth-order valence-electron chi connectivity index (χ4n) is 5.49. The number of benzene rings is 1. The summed E-state index contributed by atoms with van der Waals surface area (Å²) in [6, 6.07) is 14.2. The van der Waals surface area contributed by atoms with Crippen molar-refractivity contribution in [3.63, 3.8) is 0 Å². The molecular weight excluding hydrogens is 510 g/mol. The largest absolute Gasteiger partial charge is 0.299 e. The van der Waals surface area contributed by atoms with Crippen molar-refractivity contribution in [1.82, 2.24) is 29.7 Å². The lowest BCUT2D eigenvalue weighted by Gasteiger charge is -2.25. The van der Waals surface area contributed by atoms with Crippen LogP contribution in [0.5, 0.6) is 0 Å². The van der Waals surface area contributed by atoms with Crippen LogP contribution in [-0.4, -0.2) is 47.2 Å². The zero-order valence-corrected chi connectivity index (χ0v) is 22.3. The summed E-state index contributed by atoms with van der Waals surface area (Å²) in [6.07, 6.45) is 11.9. The van der Waals surface area contributed by atoms with E-state index in [1.165, 1.54) is 37.2 Å². The molecular formula is C29H29N7O2S. The van der Waals surface area contributed by atoms with Gasteiger partial charge in [0, 0.05) is 36.6 Å². The molecule has 39 heavy (non-hydrogen) atoms. The van der Waals surface area contributed by atoms with Crippen LogP contribution in [0.25, 0.3) is 11.4 Å². The van der Waals surface area contributed by atoms with Crippen LogP contribution in [0.15, 0.2) is 66.2 Å². The molecule has 1 fully saturated rings. The number of nitrogens with zero attached hydrogens (tertiary/aromatic N) is 6. The maximum Gasteiger partial charge on any atom is 0.237 e. The number of ketones is 1. The molecule has 6 rings (SSSR count). The Morgan fingerprint density at radius 3 is 2.64 bits per heavy atom. The average molecular weight is 540 g/mol. The lowest BCUT2D eigenvalue weighted by Crippen LogP contribution is -2.23. The van der Waals surface area contributed by atoms with Crippen molar-refractivity contribution in [3.05, 3.63) is 77.9 Å². The number of fused-ring (bicyclic) bond motifs is 1. The van der Waals surface area contributed by atoms with Gasteiger partial charge in [0.05, 0.1) is 17.0 Å². The molecule has 0 spiro atoms. The molecule has 1 unspecified atom stereocenters. The number of carbonyl (C=O) groups is 2. The van der Waals surface area contributed by atoms with Crippen molar-refractivity contribution in [2.75, 3.05) is 11.1 Å². The lowest BCUT2D eigenvalue weighted by atomic mass is 9.82. The number of hydrogen-bond donors (Lipinski definition) is 1. The highest BCUT2D eigenvalue weighted by Gasteiger charge is 2.28. The third kappa shape index (κ3) is 5.61. The van der Waals surface area contributed by atoms with Gasteiger partial charge in [0.15, 0.2) is 16.8 Å². The van der Waals surface area contributed by atoms with Gasteiger partial charge in [0.1, 0.15) is 0 Å². The molecule has 3 aromatic heterocycles. The zero-order chi connectivity index (χ0) is 26.6. The number of anilines is 1. The molecule has 0 aliphatic heterocycles. The third-order valence-electron chi connectivity index (χ3n) is 7.42. The molecule has 1 amide bonds. The van der Waals surface area contributed by atoms with Crippen molar-refractivity contribution >= 4 is 29.4 Å². The number of nitrogens with one attached hydrogen (secondary N) is 1. The molecule has 1 atom stereocenters. The Balaban J connectivity index is 1.16. The van der Waals surface area contributed by atoms with E-state index in [-0.39, 0.29) is 29.3 Å². The van der Waals surface area contributed by atoms with E-state index in [4.69, 9.17) is 0 Å². The molecule has 0 radical (unpaired) electrons. The first-order valence-electron chi connectivity index (χ1n) is 13.4. The van der Waals surface area contributed by atoms with E-state index in [0.29, 0.717) is 30.1 Å². The van der Waals surface area contributed by atoms with Gasteiger partial charge in [-0.3, -0.25) is 24.5 Å². The SMILES string of the molecule is O=C(CSc1nnc(-c2cccnc2)n1C1CCCCC1)Nc1ncc2c(n1)CC(c1ccccc1)CC2=O. The number of hydrogen-bond acceptors (Lipinski definition) is 8. The summed E-state index contributed by atoms with van der Waals surface area (Å²) in [6.45, 7) is 0. The van der Waals surface area contributed by atoms with Crippen molar-refractivity contribution in [1.29, 1.82) is 0 Å². The summed E-state index contributed by atoms with van der Waals surface area (Å²) >= 11 is 1.36. The monoisotopic (exact) mass is 539 g/mol. The van der Waals surface area contributed by atoms with E-state index in [0.717, 1.165) is 34.9 Å². The summed E-state index contributed by atoms with van der Waals surface area (Å²) in [7, 11) is 0. The highest BCUT2D eigenvalue weighted by molar-refractivity contribution is 7.99. The smallest absolute Gasteiger partial charge is 0.237 e. The predicted molar refractivity (Wildman–Crippen MR) is 149 cm³/mol. The van der Waals surface area contributed by atoms with Gasteiger partial charge in [-0.15, -0.1) is 10.2 Å². The second-order valence-electron chi connectivity index (χ2n) is 10.0. The Hall–Kier alpha value is -3.92. The van der Waals surface area contributed by atoms with Gasteiger partial charge in [-0.05, 0) is 42.9 Å². The van der Waals surface area contributed by atoms with E-state index in [2.05, 4.69) is 35.0 Å². The van der Waals surface area contributed by atoms with E-state index in [1.54, 1.807) is 12.4 Å². The fourth-order valence-corrected chi connectivity index (χ4v) is 6.30. The van der Waals surface area contributed by atoms with Crippen molar-refractivity contribution in [2.45, 2.75) is 62.1 Å². The maximum absolute atomic E-state index is 12.9. The average Bonchev–Trinajstić information content (AvgIpc) is 3.41. The van der Waals surface area contributed by atoms with Crippen molar-refractivity contribution in [2.24, 2.45) is 0 Å². The summed E-state index contributed by atoms with van der Waals surface area (Å²) < 4.78 is 2.18. The highest BCUT2D eigenvalue weighted by atomic mass is 32.2. The molecule has 2 aliphatic rings. The van der Waals surface area contributed by atoms with Crippen LogP contribution < -0.4 is 5.32 Å². The van der Waals surface area contributed by atoms with Crippen LogP contribution in [0.4, 0.5) is 5.95 Å². The summed E-state index contributed by atoms with van der Waals surface area (Å²) in [4.78, 5) is 38.7. The van der Waals surface area contributed by atoms with Gasteiger partial charge in [-0.1, -0.05) is 61.4 Å². The predicted octanol–water partition coefficient (Wildman–Crippen LogP) is 5.28. The Bertz CT molecular complexity index is 1470. The number of Topliss-reactive ketones (excluding diaryl/α,β-unsaturated/α-hetero) is 1. The van der Waals surface area contributed by atoms with Gasteiger partial charge in [0.25, 0.3) is 0 Å². The van der Waals surface area contributed by atoms with Gasteiger partial charge >= 0.3 is 0 Å². The molecule has 1 aromatic carbocycles. The third-order valence-corrected chi connectivity index (χ3v) is 8.36. The quantitative estimate of drug-likeness (QED) is 0.316. The first-order chi connectivity index (χ1) is 19.2. The number of pyridine rings is 1. The molecule has 0 saturated heterocycles. The normalized spacial score (nSPS) is 17.5. The molecule has 0 bridgehead atoms. The Morgan fingerprint density at radius 2 is 1.85 bits per heavy atom. The molecule has 10 heteroatoms. The number of thioether (sulfide) groups is 1. The minimum Gasteiger partial charge on any atom is -0.299 e. The highest BCUT2D eigenvalue weighted by Crippen LogP contribution is 2.36. The molecule has 198 valence electrons. The van der Waals surface area contributed by atoms with Gasteiger partial charge in [-0.2, -0.15) is 0 Å².